The van der Waals surface area contributed by atoms with Crippen LogP contribution >= 0.6 is 0 Å². The minimum Gasteiger partial charge on any atom is -0.494 e. The molecule has 0 spiro atoms. The Kier molecular flexibility index (Phi) is 7.50. The number of piperazine rings is 1. The Morgan fingerprint density at radius 1 is 0.900 bits per heavy atom. The highest BCUT2D eigenvalue weighted by Gasteiger charge is 2.29. The van der Waals surface area contributed by atoms with Crippen molar-refractivity contribution >= 4 is 15.9 Å². The van der Waals surface area contributed by atoms with E-state index in [9.17, 15) is 13.2 Å². The molecule has 0 N–H and O–H groups in total. The molecule has 0 atom stereocenters. The predicted molar refractivity (Wildman–Crippen MR) is 117 cm³/mol. The summed E-state index contributed by atoms with van der Waals surface area (Å²) in [5.41, 5.74) is 2.44. The first-order chi connectivity index (χ1) is 14.4. The van der Waals surface area contributed by atoms with Crippen molar-refractivity contribution in [2.75, 3.05) is 32.8 Å². The van der Waals surface area contributed by atoms with Crippen LogP contribution in [0, 0.1) is 0 Å². The molecular weight excluding hydrogens is 400 g/mol. The Morgan fingerprint density at radius 3 is 2.07 bits per heavy atom. The molecular formula is C23H30N2O4S. The van der Waals surface area contributed by atoms with Crippen LogP contribution in [0.2, 0.25) is 0 Å². The highest BCUT2D eigenvalue weighted by Crippen LogP contribution is 2.21. The Hall–Kier alpha value is -2.38. The van der Waals surface area contributed by atoms with Crippen LogP contribution < -0.4 is 4.74 Å². The van der Waals surface area contributed by atoms with E-state index in [0.29, 0.717) is 51.4 Å². The molecule has 1 aliphatic rings. The SMILES string of the molecule is CCOc1ccc(S(=O)(=O)N2CCN(C(=O)CCc3ccc(CC)cc3)CC2)cc1. The second kappa shape index (κ2) is 10.1. The molecule has 6 nitrogen and oxygen atoms in total. The fourth-order valence-corrected chi connectivity index (χ4v) is 4.97. The number of hydrogen-bond donors (Lipinski definition) is 0. The van der Waals surface area contributed by atoms with E-state index in [1.807, 2.05) is 6.92 Å². The van der Waals surface area contributed by atoms with E-state index in [1.165, 1.54) is 9.87 Å². The van der Waals surface area contributed by atoms with Crippen molar-refractivity contribution in [3.8, 4) is 5.75 Å². The van der Waals surface area contributed by atoms with Gasteiger partial charge in [0.25, 0.3) is 0 Å². The molecule has 7 heteroatoms. The Labute approximate surface area is 179 Å². The first kappa shape index (κ1) is 22.3. The second-order valence-electron chi connectivity index (χ2n) is 7.36. The van der Waals surface area contributed by atoms with Gasteiger partial charge in [-0.25, -0.2) is 8.42 Å². The van der Waals surface area contributed by atoms with Gasteiger partial charge in [-0.15, -0.1) is 0 Å². The molecule has 0 aliphatic carbocycles. The summed E-state index contributed by atoms with van der Waals surface area (Å²) >= 11 is 0. The van der Waals surface area contributed by atoms with Crippen LogP contribution in [0.4, 0.5) is 0 Å². The van der Waals surface area contributed by atoms with Gasteiger partial charge in [0.2, 0.25) is 15.9 Å². The number of sulfonamides is 1. The third-order valence-corrected chi connectivity index (χ3v) is 7.34. The second-order valence-corrected chi connectivity index (χ2v) is 9.30. The molecule has 2 aromatic carbocycles. The summed E-state index contributed by atoms with van der Waals surface area (Å²) in [5.74, 6) is 0.726. The highest BCUT2D eigenvalue weighted by atomic mass is 32.2. The minimum atomic E-state index is -3.56. The van der Waals surface area contributed by atoms with Crippen LogP contribution in [0.1, 0.15) is 31.4 Å². The van der Waals surface area contributed by atoms with Gasteiger partial charge in [-0.05, 0) is 55.2 Å². The number of aryl methyl sites for hydroxylation is 2. The first-order valence-corrected chi connectivity index (χ1v) is 12.0. The van der Waals surface area contributed by atoms with Crippen LogP contribution in [-0.2, 0) is 27.7 Å². The van der Waals surface area contributed by atoms with E-state index in [0.717, 1.165) is 12.0 Å². The number of carbonyl (C=O) groups excluding carboxylic acids is 1. The molecule has 0 saturated carbocycles. The molecule has 1 fully saturated rings. The van der Waals surface area contributed by atoms with E-state index in [2.05, 4.69) is 31.2 Å². The van der Waals surface area contributed by atoms with Gasteiger partial charge in [0.1, 0.15) is 5.75 Å². The number of ether oxygens (including phenoxy) is 1. The molecule has 1 saturated heterocycles. The number of amides is 1. The fraction of sp³-hybridized carbons (Fsp3) is 0.435. The maximum atomic E-state index is 12.9. The predicted octanol–water partition coefficient (Wildman–Crippen LogP) is 3.11. The quantitative estimate of drug-likeness (QED) is 0.645. The van der Waals surface area contributed by atoms with Crippen molar-refractivity contribution in [2.45, 2.75) is 38.0 Å². The monoisotopic (exact) mass is 430 g/mol. The van der Waals surface area contributed by atoms with Gasteiger partial charge in [-0.1, -0.05) is 31.2 Å². The van der Waals surface area contributed by atoms with Gasteiger partial charge in [0.15, 0.2) is 0 Å². The lowest BCUT2D eigenvalue weighted by Crippen LogP contribution is -2.50. The summed E-state index contributed by atoms with van der Waals surface area (Å²) in [6.07, 6.45) is 2.15. The smallest absolute Gasteiger partial charge is 0.243 e. The summed E-state index contributed by atoms with van der Waals surface area (Å²) in [6.45, 7) is 6.00. The zero-order valence-corrected chi connectivity index (χ0v) is 18.5. The fourth-order valence-electron chi connectivity index (χ4n) is 3.55. The zero-order valence-electron chi connectivity index (χ0n) is 17.7. The molecule has 0 aromatic heterocycles. The van der Waals surface area contributed by atoms with Crippen molar-refractivity contribution < 1.29 is 17.9 Å². The highest BCUT2D eigenvalue weighted by molar-refractivity contribution is 7.89. The molecule has 0 bridgehead atoms. The van der Waals surface area contributed by atoms with Crippen molar-refractivity contribution in [2.24, 2.45) is 0 Å². The number of rotatable bonds is 8. The summed E-state index contributed by atoms with van der Waals surface area (Å²) in [5, 5.41) is 0. The summed E-state index contributed by atoms with van der Waals surface area (Å²) in [7, 11) is -3.56. The molecule has 1 aliphatic heterocycles. The summed E-state index contributed by atoms with van der Waals surface area (Å²) in [6, 6.07) is 14.8. The molecule has 1 heterocycles. The standard InChI is InChI=1S/C23H30N2O4S/c1-3-19-5-7-20(8-6-19)9-14-23(26)24-15-17-25(18-16-24)30(27,28)22-12-10-21(11-13-22)29-4-2/h5-8,10-13H,3-4,9,14-18H2,1-2H3. The van der Waals surface area contributed by atoms with E-state index in [-0.39, 0.29) is 10.8 Å². The Bertz CT molecular complexity index is 932. The van der Waals surface area contributed by atoms with Crippen molar-refractivity contribution in [1.82, 2.24) is 9.21 Å². The minimum absolute atomic E-state index is 0.0766. The summed E-state index contributed by atoms with van der Waals surface area (Å²) < 4.78 is 32.6. The lowest BCUT2D eigenvalue weighted by molar-refractivity contribution is -0.132. The maximum Gasteiger partial charge on any atom is 0.243 e. The molecule has 162 valence electrons. The van der Waals surface area contributed by atoms with Gasteiger partial charge in [0.05, 0.1) is 11.5 Å². The van der Waals surface area contributed by atoms with E-state index >= 15 is 0 Å². The third-order valence-electron chi connectivity index (χ3n) is 5.42. The molecule has 0 unspecified atom stereocenters. The van der Waals surface area contributed by atoms with Crippen LogP contribution in [-0.4, -0.2) is 56.3 Å². The molecule has 0 radical (unpaired) electrons. The molecule has 30 heavy (non-hydrogen) atoms. The van der Waals surface area contributed by atoms with E-state index < -0.39 is 10.0 Å². The molecule has 1 amide bonds. The van der Waals surface area contributed by atoms with Crippen LogP contribution in [0.25, 0.3) is 0 Å². The lowest BCUT2D eigenvalue weighted by Gasteiger charge is -2.34. The number of nitrogens with zero attached hydrogens (tertiary/aromatic N) is 2. The van der Waals surface area contributed by atoms with Crippen LogP contribution in [0.3, 0.4) is 0 Å². The van der Waals surface area contributed by atoms with Gasteiger partial charge in [0, 0.05) is 32.6 Å². The van der Waals surface area contributed by atoms with Gasteiger partial charge in [-0.3, -0.25) is 4.79 Å². The van der Waals surface area contributed by atoms with E-state index in [4.69, 9.17) is 4.74 Å². The lowest BCUT2D eigenvalue weighted by atomic mass is 10.1. The molecule has 2 aromatic rings. The Morgan fingerprint density at radius 2 is 1.50 bits per heavy atom. The zero-order chi connectivity index (χ0) is 21.6. The van der Waals surface area contributed by atoms with Crippen molar-refractivity contribution in [3.05, 3.63) is 59.7 Å². The van der Waals surface area contributed by atoms with Gasteiger partial charge >= 0.3 is 0 Å². The average Bonchev–Trinajstić information content (AvgIpc) is 2.78. The van der Waals surface area contributed by atoms with Crippen molar-refractivity contribution in [1.29, 1.82) is 0 Å². The van der Waals surface area contributed by atoms with Gasteiger partial charge < -0.3 is 9.64 Å². The average molecular weight is 431 g/mol. The number of benzene rings is 2. The molecule has 3 rings (SSSR count). The van der Waals surface area contributed by atoms with Crippen molar-refractivity contribution in [3.63, 3.8) is 0 Å². The normalized spacial score (nSPS) is 15.2. The van der Waals surface area contributed by atoms with Crippen LogP contribution in [0.15, 0.2) is 53.4 Å². The topological polar surface area (TPSA) is 66.9 Å². The first-order valence-electron chi connectivity index (χ1n) is 10.5. The number of carbonyl (C=O) groups is 1. The van der Waals surface area contributed by atoms with Gasteiger partial charge in [-0.2, -0.15) is 4.31 Å². The number of hydrogen-bond acceptors (Lipinski definition) is 4. The van der Waals surface area contributed by atoms with E-state index in [1.54, 1.807) is 29.2 Å². The largest absolute Gasteiger partial charge is 0.494 e. The van der Waals surface area contributed by atoms with Crippen LogP contribution in [0.5, 0.6) is 5.75 Å². The maximum absolute atomic E-state index is 12.9. The summed E-state index contributed by atoms with van der Waals surface area (Å²) in [4.78, 5) is 14.6. The third kappa shape index (κ3) is 5.40. The Balaban J connectivity index is 1.52.